The molecule has 0 bridgehead atoms. The second kappa shape index (κ2) is 7.43. The summed E-state index contributed by atoms with van der Waals surface area (Å²) in [4.78, 5) is 0. The Hall–Kier alpha value is -1.84. The topological polar surface area (TPSA) is 41.5 Å². The third kappa shape index (κ3) is 3.67. The van der Waals surface area contributed by atoms with Gasteiger partial charge in [-0.3, -0.25) is 0 Å². The first-order valence-corrected chi connectivity index (χ1v) is 8.00. The molecule has 0 spiro atoms. The molecule has 0 saturated carbocycles. The van der Waals surface area contributed by atoms with E-state index in [1.807, 2.05) is 18.2 Å². The van der Waals surface area contributed by atoms with Gasteiger partial charge in [-0.05, 0) is 42.1 Å². The predicted molar refractivity (Wildman–Crippen MR) is 88.2 cm³/mol. The van der Waals surface area contributed by atoms with Crippen LogP contribution >= 0.6 is 0 Å². The van der Waals surface area contributed by atoms with Gasteiger partial charge in [-0.2, -0.15) is 0 Å². The summed E-state index contributed by atoms with van der Waals surface area (Å²) in [5.41, 5.74) is 3.90. The Morgan fingerprint density at radius 2 is 2.00 bits per heavy atom. The van der Waals surface area contributed by atoms with Crippen LogP contribution in [0.3, 0.4) is 0 Å². The maximum atomic E-state index is 9.27. The molecular formula is C19H23NO2. The Balaban J connectivity index is 1.56. The minimum absolute atomic E-state index is 0.197. The van der Waals surface area contributed by atoms with Crippen molar-refractivity contribution in [1.82, 2.24) is 5.32 Å². The van der Waals surface area contributed by atoms with Crippen molar-refractivity contribution < 1.29 is 9.84 Å². The molecule has 2 N–H and O–H groups in total. The highest BCUT2D eigenvalue weighted by Gasteiger charge is 2.13. The monoisotopic (exact) mass is 297 g/mol. The van der Waals surface area contributed by atoms with Crippen LogP contribution in [-0.4, -0.2) is 24.9 Å². The van der Waals surface area contributed by atoms with E-state index in [1.54, 1.807) is 0 Å². The standard InChI is InChI=1S/C19H23NO2/c21-12-9-18(16-4-2-1-3-5-16)20-11-8-15-6-7-19-17(14-15)10-13-22-19/h1-7,14,18,20-21H,8-13H2. The molecule has 1 aliphatic rings. The lowest BCUT2D eigenvalue weighted by Gasteiger charge is -2.18. The van der Waals surface area contributed by atoms with Crippen LogP contribution in [0.1, 0.15) is 29.2 Å². The lowest BCUT2D eigenvalue weighted by Crippen LogP contribution is -2.24. The molecule has 3 heteroatoms. The van der Waals surface area contributed by atoms with E-state index in [2.05, 4.69) is 35.6 Å². The molecule has 0 radical (unpaired) electrons. The summed E-state index contributed by atoms with van der Waals surface area (Å²) in [6, 6.07) is 17.0. The van der Waals surface area contributed by atoms with E-state index in [1.165, 1.54) is 16.7 Å². The lowest BCUT2D eigenvalue weighted by molar-refractivity contribution is 0.266. The molecule has 0 saturated heterocycles. The molecule has 0 amide bonds. The number of hydrogen-bond acceptors (Lipinski definition) is 3. The smallest absolute Gasteiger partial charge is 0.122 e. The van der Waals surface area contributed by atoms with Gasteiger partial charge in [0.05, 0.1) is 6.61 Å². The van der Waals surface area contributed by atoms with Crippen molar-refractivity contribution in [1.29, 1.82) is 0 Å². The number of benzene rings is 2. The maximum Gasteiger partial charge on any atom is 0.122 e. The van der Waals surface area contributed by atoms with Gasteiger partial charge in [0.15, 0.2) is 0 Å². The molecule has 1 atom stereocenters. The number of hydrogen-bond donors (Lipinski definition) is 2. The van der Waals surface area contributed by atoms with Crippen LogP contribution in [0.25, 0.3) is 0 Å². The summed E-state index contributed by atoms with van der Waals surface area (Å²) in [6.45, 7) is 1.91. The van der Waals surface area contributed by atoms with Crippen molar-refractivity contribution in [3.05, 3.63) is 65.2 Å². The van der Waals surface area contributed by atoms with E-state index in [4.69, 9.17) is 4.74 Å². The quantitative estimate of drug-likeness (QED) is 0.825. The maximum absolute atomic E-state index is 9.27. The number of ether oxygens (including phenoxy) is 1. The van der Waals surface area contributed by atoms with Crippen molar-refractivity contribution >= 4 is 0 Å². The highest BCUT2D eigenvalue weighted by Crippen LogP contribution is 2.26. The molecule has 2 aromatic rings. The summed E-state index contributed by atoms with van der Waals surface area (Å²) < 4.78 is 5.54. The van der Waals surface area contributed by atoms with Crippen LogP contribution in [0, 0.1) is 0 Å². The summed E-state index contributed by atoms with van der Waals surface area (Å²) in [5, 5.41) is 12.8. The largest absolute Gasteiger partial charge is 0.493 e. The first kappa shape index (κ1) is 15.1. The number of fused-ring (bicyclic) bond motifs is 1. The fourth-order valence-electron chi connectivity index (χ4n) is 2.99. The zero-order valence-electron chi connectivity index (χ0n) is 12.8. The van der Waals surface area contributed by atoms with Crippen LogP contribution in [0.4, 0.5) is 0 Å². The normalized spacial score (nSPS) is 14.4. The number of aliphatic hydroxyl groups excluding tert-OH is 1. The fourth-order valence-corrected chi connectivity index (χ4v) is 2.99. The first-order valence-electron chi connectivity index (χ1n) is 8.00. The van der Waals surface area contributed by atoms with Gasteiger partial charge in [-0.1, -0.05) is 42.5 Å². The Labute approximate surface area is 131 Å². The molecule has 116 valence electrons. The molecule has 1 heterocycles. The van der Waals surface area contributed by atoms with Gasteiger partial charge in [-0.25, -0.2) is 0 Å². The molecular weight excluding hydrogens is 274 g/mol. The van der Waals surface area contributed by atoms with E-state index in [0.717, 1.165) is 38.2 Å². The first-order chi connectivity index (χ1) is 10.9. The van der Waals surface area contributed by atoms with Crippen LogP contribution in [0.2, 0.25) is 0 Å². The van der Waals surface area contributed by atoms with Gasteiger partial charge >= 0.3 is 0 Å². The molecule has 0 aromatic heterocycles. The van der Waals surface area contributed by atoms with Gasteiger partial charge in [0.25, 0.3) is 0 Å². The number of aliphatic hydroxyl groups is 1. The highest BCUT2D eigenvalue weighted by atomic mass is 16.5. The van der Waals surface area contributed by atoms with E-state index >= 15 is 0 Å². The van der Waals surface area contributed by atoms with Crippen molar-refractivity contribution in [2.24, 2.45) is 0 Å². The fraction of sp³-hybridized carbons (Fsp3) is 0.368. The Morgan fingerprint density at radius 3 is 2.82 bits per heavy atom. The van der Waals surface area contributed by atoms with Crippen LogP contribution in [0.15, 0.2) is 48.5 Å². The van der Waals surface area contributed by atoms with Crippen molar-refractivity contribution in [3.8, 4) is 5.75 Å². The van der Waals surface area contributed by atoms with Crippen LogP contribution in [-0.2, 0) is 12.8 Å². The molecule has 3 nitrogen and oxygen atoms in total. The summed E-state index contributed by atoms with van der Waals surface area (Å²) in [5.74, 6) is 1.04. The van der Waals surface area contributed by atoms with Crippen molar-refractivity contribution in [2.45, 2.75) is 25.3 Å². The van der Waals surface area contributed by atoms with Gasteiger partial charge in [0.1, 0.15) is 5.75 Å². The van der Waals surface area contributed by atoms with Gasteiger partial charge in [-0.15, -0.1) is 0 Å². The van der Waals surface area contributed by atoms with E-state index in [0.29, 0.717) is 0 Å². The lowest BCUT2D eigenvalue weighted by atomic mass is 10.0. The second-order valence-electron chi connectivity index (χ2n) is 5.72. The SMILES string of the molecule is OCCC(NCCc1ccc2c(c1)CCO2)c1ccccc1. The van der Waals surface area contributed by atoms with Gasteiger partial charge in [0.2, 0.25) is 0 Å². The molecule has 0 aliphatic carbocycles. The zero-order valence-corrected chi connectivity index (χ0v) is 12.8. The van der Waals surface area contributed by atoms with E-state index in [9.17, 15) is 5.11 Å². The summed E-state index contributed by atoms with van der Waals surface area (Å²) in [7, 11) is 0. The molecule has 3 rings (SSSR count). The number of rotatable bonds is 7. The average Bonchev–Trinajstić information content (AvgIpc) is 3.02. The minimum atomic E-state index is 0.197. The summed E-state index contributed by atoms with van der Waals surface area (Å²) in [6.07, 6.45) is 2.75. The highest BCUT2D eigenvalue weighted by molar-refractivity contribution is 5.39. The van der Waals surface area contributed by atoms with E-state index < -0.39 is 0 Å². The Kier molecular flexibility index (Phi) is 5.09. The third-order valence-corrected chi connectivity index (χ3v) is 4.18. The Morgan fingerprint density at radius 1 is 1.14 bits per heavy atom. The van der Waals surface area contributed by atoms with Gasteiger partial charge in [0, 0.05) is 19.1 Å². The van der Waals surface area contributed by atoms with Crippen molar-refractivity contribution in [3.63, 3.8) is 0 Å². The molecule has 1 unspecified atom stereocenters. The average molecular weight is 297 g/mol. The molecule has 2 aromatic carbocycles. The Bertz CT molecular complexity index is 598. The van der Waals surface area contributed by atoms with Crippen LogP contribution in [0.5, 0.6) is 5.75 Å². The third-order valence-electron chi connectivity index (χ3n) is 4.18. The number of nitrogens with one attached hydrogen (secondary N) is 1. The predicted octanol–water partition coefficient (Wildman–Crippen LogP) is 2.88. The molecule has 0 fully saturated rings. The van der Waals surface area contributed by atoms with Crippen molar-refractivity contribution in [2.75, 3.05) is 19.8 Å². The zero-order chi connectivity index (χ0) is 15.2. The molecule has 1 aliphatic heterocycles. The van der Waals surface area contributed by atoms with E-state index in [-0.39, 0.29) is 12.6 Å². The molecule has 22 heavy (non-hydrogen) atoms. The van der Waals surface area contributed by atoms with Gasteiger partial charge < -0.3 is 15.2 Å². The second-order valence-corrected chi connectivity index (χ2v) is 5.72. The van der Waals surface area contributed by atoms with Crippen LogP contribution < -0.4 is 10.1 Å². The minimum Gasteiger partial charge on any atom is -0.493 e. The summed E-state index contributed by atoms with van der Waals surface area (Å²) >= 11 is 0.